The largest absolute Gasteiger partial charge is 0.371 e. The van der Waals surface area contributed by atoms with Crippen molar-refractivity contribution in [3.63, 3.8) is 0 Å². The van der Waals surface area contributed by atoms with Crippen LogP contribution in [-0.2, 0) is 3.61 Å². The van der Waals surface area contributed by atoms with Gasteiger partial charge in [0.15, 0.2) is 3.61 Å². The molecule has 1 N–H and O–H groups in total. The normalized spacial score (nSPS) is 14.0. The lowest BCUT2D eigenvalue weighted by Crippen LogP contribution is -2.25. The molecule has 0 amide bonds. The van der Waals surface area contributed by atoms with Crippen LogP contribution < -0.4 is 0 Å². The highest BCUT2D eigenvalue weighted by Gasteiger charge is 2.34. The Morgan fingerprint density at radius 3 is 1.64 bits per heavy atom. The molecule has 2 aromatic carbocycles. The standard InChI is InChI=1S/C20H25IO/c1-11-8-13(3)18(14(4)9-11)20(21,22)19-15(5)10-12(2)16(6)17(19)7/h8-10,22H,1-7H3. The molecule has 0 bridgehead atoms. The van der Waals surface area contributed by atoms with Gasteiger partial charge in [-0.3, -0.25) is 0 Å². The fourth-order valence-electron chi connectivity index (χ4n) is 3.62. The molecule has 22 heavy (non-hydrogen) atoms. The van der Waals surface area contributed by atoms with Gasteiger partial charge in [0.2, 0.25) is 0 Å². The fraction of sp³-hybridized carbons (Fsp3) is 0.400. The molecule has 0 aliphatic rings. The molecule has 0 saturated carbocycles. The Kier molecular flexibility index (Phi) is 4.74. The van der Waals surface area contributed by atoms with Crippen molar-refractivity contribution in [1.82, 2.24) is 0 Å². The summed E-state index contributed by atoms with van der Waals surface area (Å²) in [6, 6.07) is 6.48. The van der Waals surface area contributed by atoms with Gasteiger partial charge in [-0.15, -0.1) is 0 Å². The van der Waals surface area contributed by atoms with Crippen LogP contribution in [0.15, 0.2) is 18.2 Å². The van der Waals surface area contributed by atoms with Crippen LogP contribution in [0.5, 0.6) is 0 Å². The first-order chi connectivity index (χ1) is 10.1. The third kappa shape index (κ3) is 2.83. The summed E-state index contributed by atoms with van der Waals surface area (Å²) in [5.41, 5.74) is 10.5. The second-order valence-electron chi connectivity index (χ2n) is 6.53. The maximum absolute atomic E-state index is 11.5. The summed E-state index contributed by atoms with van der Waals surface area (Å²) < 4.78 is -1.01. The molecule has 2 heteroatoms. The van der Waals surface area contributed by atoms with Gasteiger partial charge in [-0.05, 0) is 104 Å². The second-order valence-corrected chi connectivity index (χ2v) is 8.09. The topological polar surface area (TPSA) is 20.2 Å². The van der Waals surface area contributed by atoms with Crippen molar-refractivity contribution in [2.24, 2.45) is 0 Å². The smallest absolute Gasteiger partial charge is 0.167 e. The number of alkyl halides is 1. The number of hydrogen-bond acceptors (Lipinski definition) is 1. The summed E-state index contributed by atoms with van der Waals surface area (Å²) in [7, 11) is 0. The first kappa shape index (κ1) is 17.5. The van der Waals surface area contributed by atoms with Gasteiger partial charge in [-0.25, -0.2) is 0 Å². The van der Waals surface area contributed by atoms with Gasteiger partial charge in [-0.1, -0.05) is 23.8 Å². The summed E-state index contributed by atoms with van der Waals surface area (Å²) in [6.45, 7) is 14.8. The Bertz CT molecular complexity index is 719. The van der Waals surface area contributed by atoms with E-state index in [-0.39, 0.29) is 0 Å². The number of hydrogen-bond donors (Lipinski definition) is 1. The van der Waals surface area contributed by atoms with E-state index in [4.69, 9.17) is 0 Å². The minimum atomic E-state index is -1.01. The van der Waals surface area contributed by atoms with E-state index in [9.17, 15) is 5.11 Å². The first-order valence-electron chi connectivity index (χ1n) is 7.64. The zero-order valence-corrected chi connectivity index (χ0v) is 16.7. The van der Waals surface area contributed by atoms with Crippen molar-refractivity contribution in [1.29, 1.82) is 0 Å². The van der Waals surface area contributed by atoms with Crippen molar-refractivity contribution in [2.45, 2.75) is 52.1 Å². The van der Waals surface area contributed by atoms with Gasteiger partial charge in [0.05, 0.1) is 0 Å². The third-order valence-corrected chi connectivity index (χ3v) is 5.77. The predicted molar refractivity (Wildman–Crippen MR) is 103 cm³/mol. The Hall–Kier alpha value is -0.870. The molecule has 0 aliphatic heterocycles. The molecule has 2 aromatic rings. The summed E-state index contributed by atoms with van der Waals surface area (Å²) in [6.07, 6.45) is 0. The highest BCUT2D eigenvalue weighted by atomic mass is 127. The van der Waals surface area contributed by atoms with Gasteiger partial charge >= 0.3 is 0 Å². The molecule has 1 unspecified atom stereocenters. The van der Waals surface area contributed by atoms with Crippen molar-refractivity contribution >= 4 is 22.6 Å². The zero-order chi connectivity index (χ0) is 16.8. The number of halogens is 1. The summed E-state index contributed by atoms with van der Waals surface area (Å²) >= 11 is 2.21. The van der Waals surface area contributed by atoms with Crippen LogP contribution in [0.2, 0.25) is 0 Å². The maximum Gasteiger partial charge on any atom is 0.167 e. The van der Waals surface area contributed by atoms with Crippen LogP contribution in [0.1, 0.15) is 50.1 Å². The molecule has 118 valence electrons. The van der Waals surface area contributed by atoms with Gasteiger partial charge < -0.3 is 5.11 Å². The Labute approximate surface area is 147 Å². The zero-order valence-electron chi connectivity index (χ0n) is 14.6. The molecule has 2 rings (SSSR count). The van der Waals surface area contributed by atoms with Crippen molar-refractivity contribution in [3.8, 4) is 0 Å². The lowest BCUT2D eigenvalue weighted by molar-refractivity contribution is 0.197. The molecule has 0 radical (unpaired) electrons. The van der Waals surface area contributed by atoms with E-state index >= 15 is 0 Å². The number of benzene rings is 2. The highest BCUT2D eigenvalue weighted by molar-refractivity contribution is 14.1. The highest BCUT2D eigenvalue weighted by Crippen LogP contribution is 2.44. The second kappa shape index (κ2) is 5.97. The maximum atomic E-state index is 11.5. The van der Waals surface area contributed by atoms with E-state index in [0.717, 1.165) is 27.8 Å². The molecular weight excluding hydrogens is 383 g/mol. The molecule has 0 saturated heterocycles. The summed E-state index contributed by atoms with van der Waals surface area (Å²) in [4.78, 5) is 0. The van der Waals surface area contributed by atoms with Crippen molar-refractivity contribution < 1.29 is 5.11 Å². The first-order valence-corrected chi connectivity index (χ1v) is 8.72. The average molecular weight is 408 g/mol. The van der Waals surface area contributed by atoms with Crippen LogP contribution in [0, 0.1) is 48.5 Å². The van der Waals surface area contributed by atoms with Gasteiger partial charge in [0.1, 0.15) is 0 Å². The van der Waals surface area contributed by atoms with Gasteiger partial charge in [0, 0.05) is 11.1 Å². The van der Waals surface area contributed by atoms with Crippen LogP contribution in [0.3, 0.4) is 0 Å². The quantitative estimate of drug-likeness (QED) is 0.516. The van der Waals surface area contributed by atoms with E-state index < -0.39 is 3.61 Å². The van der Waals surface area contributed by atoms with Crippen LogP contribution in [-0.4, -0.2) is 5.11 Å². The van der Waals surface area contributed by atoms with Crippen molar-refractivity contribution in [2.75, 3.05) is 0 Å². The van der Waals surface area contributed by atoms with Crippen LogP contribution >= 0.6 is 22.6 Å². The van der Waals surface area contributed by atoms with E-state index in [1.54, 1.807) is 0 Å². The Balaban J connectivity index is 2.80. The van der Waals surface area contributed by atoms with Crippen molar-refractivity contribution in [3.05, 3.63) is 68.3 Å². The molecule has 1 nitrogen and oxygen atoms in total. The molecule has 0 aliphatic carbocycles. The fourth-order valence-corrected chi connectivity index (χ4v) is 5.30. The molecular formula is C20H25IO. The minimum absolute atomic E-state index is 1.01. The van der Waals surface area contributed by atoms with Gasteiger partial charge in [0.25, 0.3) is 0 Å². The predicted octanol–water partition coefficient (Wildman–Crippen LogP) is 5.47. The molecule has 0 spiro atoms. The van der Waals surface area contributed by atoms with E-state index in [2.05, 4.69) is 89.3 Å². The average Bonchev–Trinajstić information content (AvgIpc) is 2.33. The minimum Gasteiger partial charge on any atom is -0.371 e. The number of aryl methyl sites for hydroxylation is 5. The van der Waals surface area contributed by atoms with E-state index in [1.807, 2.05) is 0 Å². The number of aliphatic hydroxyl groups is 1. The Morgan fingerprint density at radius 1 is 0.682 bits per heavy atom. The van der Waals surface area contributed by atoms with Crippen LogP contribution in [0.25, 0.3) is 0 Å². The molecule has 0 heterocycles. The summed E-state index contributed by atoms with van der Waals surface area (Å²) in [5.74, 6) is 0. The lowest BCUT2D eigenvalue weighted by atomic mass is 9.85. The molecule has 1 atom stereocenters. The third-order valence-electron chi connectivity index (χ3n) is 4.70. The SMILES string of the molecule is Cc1cc(C)c(C(O)(I)c2c(C)cc(C)c(C)c2C)c(C)c1. The van der Waals surface area contributed by atoms with E-state index in [0.29, 0.717) is 0 Å². The Morgan fingerprint density at radius 2 is 1.14 bits per heavy atom. The molecule has 0 fully saturated rings. The van der Waals surface area contributed by atoms with E-state index in [1.165, 1.54) is 22.3 Å². The number of rotatable bonds is 2. The lowest BCUT2D eigenvalue weighted by Gasteiger charge is -2.31. The monoisotopic (exact) mass is 408 g/mol. The molecule has 0 aromatic heterocycles. The van der Waals surface area contributed by atoms with Gasteiger partial charge in [-0.2, -0.15) is 0 Å². The summed E-state index contributed by atoms with van der Waals surface area (Å²) in [5, 5.41) is 11.5. The van der Waals surface area contributed by atoms with Crippen LogP contribution in [0.4, 0.5) is 0 Å².